The quantitative estimate of drug-likeness (QED) is 0.200. The van der Waals surface area contributed by atoms with Crippen LogP contribution in [0, 0.1) is 6.92 Å². The number of carbonyl (C=O) groups excluding carboxylic acids is 1. The number of carbonyl (C=O) groups is 1. The van der Waals surface area contributed by atoms with Gasteiger partial charge in [0.1, 0.15) is 5.75 Å². The molecule has 0 radical (unpaired) electrons. The lowest BCUT2D eigenvalue weighted by Crippen LogP contribution is -3.00. The standard InChI is InChI=1S/C28H39N2O3.ClH/c1-4-5-6-7-8-9-10-13-19-32-28(31)21-30-26-18-12-11-17-25(26)29(3)27(30)22-33-24-16-14-15-23(2)20-24;/h11-12,14-18,20H,4-10,13,19,21-22H2,1-3H3;1H/q+1;/p-1. The lowest BCUT2D eigenvalue weighted by atomic mass is 10.1. The summed E-state index contributed by atoms with van der Waals surface area (Å²) < 4.78 is 15.8. The van der Waals surface area contributed by atoms with Crippen LogP contribution in [0.25, 0.3) is 11.0 Å². The Kier molecular flexibility index (Phi) is 12.0. The van der Waals surface area contributed by atoms with Gasteiger partial charge in [0.15, 0.2) is 24.2 Å². The van der Waals surface area contributed by atoms with Gasteiger partial charge in [-0.25, -0.2) is 13.9 Å². The molecule has 6 heteroatoms. The number of halogens is 1. The maximum Gasteiger partial charge on any atom is 0.348 e. The molecule has 0 atom stereocenters. The summed E-state index contributed by atoms with van der Waals surface area (Å²) in [7, 11) is 2.01. The van der Waals surface area contributed by atoms with E-state index in [1.807, 2.05) is 61.0 Å². The van der Waals surface area contributed by atoms with Crippen molar-refractivity contribution in [3.05, 3.63) is 59.9 Å². The zero-order valence-corrected chi connectivity index (χ0v) is 21.7. The Morgan fingerprint density at radius 1 is 0.941 bits per heavy atom. The van der Waals surface area contributed by atoms with Crippen LogP contribution in [-0.4, -0.2) is 17.1 Å². The first-order valence-electron chi connectivity index (χ1n) is 12.4. The van der Waals surface area contributed by atoms with E-state index in [-0.39, 0.29) is 24.9 Å². The Bertz CT molecular complexity index is 1030. The number of hydrogen-bond acceptors (Lipinski definition) is 3. The van der Waals surface area contributed by atoms with Crippen LogP contribution in [0.4, 0.5) is 0 Å². The second-order valence-corrected chi connectivity index (χ2v) is 8.85. The third-order valence-electron chi connectivity index (χ3n) is 6.14. The molecule has 0 amide bonds. The van der Waals surface area contributed by atoms with Crippen LogP contribution in [0.3, 0.4) is 0 Å². The molecule has 0 spiro atoms. The summed E-state index contributed by atoms with van der Waals surface area (Å²) in [6, 6.07) is 16.1. The molecule has 0 bridgehead atoms. The third-order valence-corrected chi connectivity index (χ3v) is 6.14. The Hall–Kier alpha value is -2.53. The van der Waals surface area contributed by atoms with Gasteiger partial charge in [0.2, 0.25) is 0 Å². The van der Waals surface area contributed by atoms with Crippen molar-refractivity contribution in [2.75, 3.05) is 6.61 Å². The zero-order chi connectivity index (χ0) is 23.5. The van der Waals surface area contributed by atoms with Crippen molar-refractivity contribution in [1.82, 2.24) is 4.57 Å². The number of aryl methyl sites for hydroxylation is 2. The van der Waals surface area contributed by atoms with Crippen molar-refractivity contribution in [3.63, 3.8) is 0 Å². The number of ether oxygens (including phenoxy) is 2. The first-order chi connectivity index (χ1) is 16.1. The highest BCUT2D eigenvalue weighted by atomic mass is 35.5. The van der Waals surface area contributed by atoms with E-state index in [4.69, 9.17) is 9.47 Å². The molecule has 0 aliphatic rings. The first kappa shape index (κ1) is 27.7. The van der Waals surface area contributed by atoms with Crippen molar-refractivity contribution in [1.29, 1.82) is 0 Å². The van der Waals surface area contributed by atoms with Crippen LogP contribution >= 0.6 is 0 Å². The number of unbranched alkanes of at least 4 members (excludes halogenated alkanes) is 7. The Balaban J connectivity index is 0.00000408. The van der Waals surface area contributed by atoms with Gasteiger partial charge in [0.25, 0.3) is 5.82 Å². The molecule has 2 aromatic carbocycles. The molecule has 186 valence electrons. The van der Waals surface area contributed by atoms with Gasteiger partial charge in [-0.3, -0.25) is 0 Å². The van der Waals surface area contributed by atoms with Crippen LogP contribution in [-0.2, 0) is 29.7 Å². The van der Waals surface area contributed by atoms with Gasteiger partial charge < -0.3 is 21.9 Å². The van der Waals surface area contributed by atoms with Gasteiger partial charge in [0.05, 0.1) is 13.7 Å². The van der Waals surface area contributed by atoms with Crippen molar-refractivity contribution >= 4 is 17.0 Å². The van der Waals surface area contributed by atoms with Gasteiger partial charge in [-0.05, 0) is 43.2 Å². The zero-order valence-electron chi connectivity index (χ0n) is 20.9. The fourth-order valence-electron chi connectivity index (χ4n) is 4.24. The van der Waals surface area contributed by atoms with Gasteiger partial charge >= 0.3 is 5.97 Å². The Labute approximate surface area is 210 Å². The molecule has 0 aliphatic heterocycles. The second-order valence-electron chi connectivity index (χ2n) is 8.85. The van der Waals surface area contributed by atoms with Gasteiger partial charge in [-0.15, -0.1) is 0 Å². The summed E-state index contributed by atoms with van der Waals surface area (Å²) in [6.07, 6.45) is 9.83. The number of esters is 1. The molecule has 1 heterocycles. The summed E-state index contributed by atoms with van der Waals surface area (Å²) in [5, 5.41) is 0. The maximum absolute atomic E-state index is 12.7. The number of imidazole rings is 1. The molecule has 1 aromatic heterocycles. The SMILES string of the molecule is CCCCCCCCCCOC(=O)Cn1c(COc2cccc(C)c2)[n+](C)c2ccccc21.[Cl-]. The molecule has 3 aromatic rings. The van der Waals surface area contributed by atoms with Crippen LogP contribution in [0.5, 0.6) is 5.75 Å². The van der Waals surface area contributed by atoms with Crippen molar-refractivity contribution in [2.24, 2.45) is 7.05 Å². The van der Waals surface area contributed by atoms with E-state index >= 15 is 0 Å². The lowest BCUT2D eigenvalue weighted by molar-refractivity contribution is -0.655. The maximum atomic E-state index is 12.7. The van der Waals surface area contributed by atoms with E-state index in [0.717, 1.165) is 41.0 Å². The number of aromatic nitrogens is 2. The monoisotopic (exact) mass is 486 g/mol. The van der Waals surface area contributed by atoms with E-state index in [0.29, 0.717) is 13.2 Å². The largest absolute Gasteiger partial charge is 1.00 e. The molecule has 0 saturated heterocycles. The molecule has 3 rings (SSSR count). The van der Waals surface area contributed by atoms with Gasteiger partial charge in [-0.2, -0.15) is 0 Å². The number of fused-ring (bicyclic) bond motifs is 1. The van der Waals surface area contributed by atoms with Crippen LogP contribution in [0.1, 0.15) is 69.7 Å². The normalized spacial score (nSPS) is 10.8. The molecule has 0 unspecified atom stereocenters. The number of para-hydroxylation sites is 2. The fraction of sp³-hybridized carbons (Fsp3) is 0.500. The number of rotatable bonds is 14. The minimum atomic E-state index is -0.198. The van der Waals surface area contributed by atoms with Gasteiger partial charge in [-0.1, -0.05) is 76.1 Å². The predicted octanol–water partition coefficient (Wildman–Crippen LogP) is 3.04. The highest BCUT2D eigenvalue weighted by Crippen LogP contribution is 2.18. The summed E-state index contributed by atoms with van der Waals surface area (Å²) in [5.41, 5.74) is 3.23. The Morgan fingerprint density at radius 3 is 2.38 bits per heavy atom. The molecule has 0 N–H and O–H groups in total. The molecular weight excluding hydrogens is 448 g/mol. The summed E-state index contributed by atoms with van der Waals surface area (Å²) >= 11 is 0. The summed E-state index contributed by atoms with van der Waals surface area (Å²) in [6.45, 7) is 5.34. The topological polar surface area (TPSA) is 44.3 Å². The smallest absolute Gasteiger partial charge is 0.348 e. The molecule has 0 fully saturated rings. The van der Waals surface area contributed by atoms with Crippen molar-refractivity contribution < 1.29 is 31.2 Å². The number of hydrogen-bond donors (Lipinski definition) is 0. The Morgan fingerprint density at radius 2 is 1.65 bits per heavy atom. The number of benzene rings is 2. The molecule has 5 nitrogen and oxygen atoms in total. The fourth-order valence-corrected chi connectivity index (χ4v) is 4.24. The van der Waals surface area contributed by atoms with Crippen molar-refractivity contribution in [2.45, 2.75) is 78.4 Å². The average molecular weight is 487 g/mol. The molecule has 0 aliphatic carbocycles. The van der Waals surface area contributed by atoms with E-state index in [9.17, 15) is 4.79 Å². The average Bonchev–Trinajstić information content (AvgIpc) is 3.07. The van der Waals surface area contributed by atoms with Crippen LogP contribution in [0.2, 0.25) is 0 Å². The first-order valence-corrected chi connectivity index (χ1v) is 12.4. The lowest BCUT2D eigenvalue weighted by Gasteiger charge is -2.08. The molecule has 0 saturated carbocycles. The minimum Gasteiger partial charge on any atom is -1.00 e. The van der Waals surface area contributed by atoms with Crippen LogP contribution < -0.4 is 21.7 Å². The summed E-state index contributed by atoms with van der Waals surface area (Å²) in [5.74, 6) is 1.56. The van der Waals surface area contributed by atoms with E-state index in [1.165, 1.54) is 38.5 Å². The second kappa shape index (κ2) is 14.7. The molecular formula is C28H39ClN2O3. The predicted molar refractivity (Wildman–Crippen MR) is 132 cm³/mol. The summed E-state index contributed by atoms with van der Waals surface area (Å²) in [4.78, 5) is 12.7. The highest BCUT2D eigenvalue weighted by molar-refractivity contribution is 5.76. The number of nitrogens with zero attached hydrogens (tertiary/aromatic N) is 2. The van der Waals surface area contributed by atoms with Crippen molar-refractivity contribution in [3.8, 4) is 5.75 Å². The molecule has 34 heavy (non-hydrogen) atoms. The van der Waals surface area contributed by atoms with Gasteiger partial charge in [0, 0.05) is 0 Å². The van der Waals surface area contributed by atoms with E-state index in [1.54, 1.807) is 0 Å². The highest BCUT2D eigenvalue weighted by Gasteiger charge is 2.25. The van der Waals surface area contributed by atoms with E-state index < -0.39 is 0 Å². The third kappa shape index (κ3) is 8.05. The van der Waals surface area contributed by atoms with E-state index in [2.05, 4.69) is 17.6 Å². The minimum absolute atomic E-state index is 0. The van der Waals surface area contributed by atoms with Crippen LogP contribution in [0.15, 0.2) is 48.5 Å².